The summed E-state index contributed by atoms with van der Waals surface area (Å²) < 4.78 is 11.1. The second-order valence-corrected chi connectivity index (χ2v) is 4.82. The molecule has 0 saturated carbocycles. The van der Waals surface area contributed by atoms with Gasteiger partial charge < -0.3 is 14.8 Å². The summed E-state index contributed by atoms with van der Waals surface area (Å²) in [4.78, 5) is 13.7. The average molecular weight is 254 g/mol. The maximum atomic E-state index is 11.6. The van der Waals surface area contributed by atoms with Crippen LogP contribution in [0.4, 0.5) is 0 Å². The minimum absolute atomic E-state index is 0.0123. The summed E-state index contributed by atoms with van der Waals surface area (Å²) in [6.45, 7) is 7.91. The van der Waals surface area contributed by atoms with Gasteiger partial charge in [-0.3, -0.25) is 9.69 Å². The molecule has 5 nitrogen and oxygen atoms in total. The lowest BCUT2D eigenvalue weighted by atomic mass is 9.96. The van der Waals surface area contributed by atoms with E-state index in [0.29, 0.717) is 19.0 Å². The summed E-state index contributed by atoms with van der Waals surface area (Å²) in [5, 5.41) is 2.80. The molecular weight excluding hydrogens is 232 g/mol. The number of piperidine rings is 1. The van der Waals surface area contributed by atoms with Gasteiger partial charge in [-0.2, -0.15) is 0 Å². The lowest BCUT2D eigenvalue weighted by Crippen LogP contribution is -2.43. The van der Waals surface area contributed by atoms with Gasteiger partial charge in [-0.25, -0.2) is 0 Å². The summed E-state index contributed by atoms with van der Waals surface area (Å²) in [5.74, 6) is 0.557. The number of nitrogens with zero attached hydrogens (tertiary/aromatic N) is 1. The maximum absolute atomic E-state index is 11.6. The smallest absolute Gasteiger partial charge is 0.234 e. The Balaban J connectivity index is 1.66. The number of nitrogens with one attached hydrogen (secondary N) is 1. The number of hydrogen-bond acceptors (Lipinski definition) is 4. The lowest BCUT2D eigenvalue weighted by Gasteiger charge is -2.33. The zero-order valence-corrected chi connectivity index (χ0v) is 10.8. The normalized spacial score (nSPS) is 23.1. The van der Waals surface area contributed by atoms with Gasteiger partial charge in [0.15, 0.2) is 6.29 Å². The zero-order valence-electron chi connectivity index (χ0n) is 10.8. The second-order valence-electron chi connectivity index (χ2n) is 4.82. The minimum atomic E-state index is -0.0123. The molecule has 2 saturated heterocycles. The number of carbonyl (C=O) groups is 1. The van der Waals surface area contributed by atoms with Gasteiger partial charge in [0.25, 0.3) is 0 Å². The van der Waals surface area contributed by atoms with Crippen molar-refractivity contribution in [1.82, 2.24) is 10.2 Å². The molecule has 0 spiro atoms. The van der Waals surface area contributed by atoms with Crippen LogP contribution in [0.25, 0.3) is 0 Å². The first-order valence-corrected chi connectivity index (χ1v) is 6.62. The van der Waals surface area contributed by atoms with Gasteiger partial charge in [0.05, 0.1) is 19.8 Å². The van der Waals surface area contributed by atoms with Gasteiger partial charge >= 0.3 is 0 Å². The number of ether oxygens (including phenoxy) is 2. The molecule has 0 unspecified atom stereocenters. The molecule has 5 heteroatoms. The van der Waals surface area contributed by atoms with Gasteiger partial charge in [-0.1, -0.05) is 6.08 Å². The molecule has 2 aliphatic rings. The molecule has 0 aromatic rings. The van der Waals surface area contributed by atoms with E-state index in [9.17, 15) is 4.79 Å². The predicted molar refractivity (Wildman–Crippen MR) is 68.1 cm³/mol. The highest BCUT2D eigenvalue weighted by molar-refractivity contribution is 5.78. The molecule has 1 N–H and O–H groups in total. The maximum Gasteiger partial charge on any atom is 0.234 e. The standard InChI is InChI=1S/C13H22N2O3/c1-2-5-14-12(16)10-15-6-3-11(4-7-15)13-17-8-9-18-13/h2,11,13H,1,3-10H2,(H,14,16). The number of likely N-dealkylation sites (tertiary alicyclic amines) is 1. The van der Waals surface area contributed by atoms with E-state index < -0.39 is 0 Å². The largest absolute Gasteiger partial charge is 0.352 e. The lowest BCUT2D eigenvalue weighted by molar-refractivity contribution is -0.123. The van der Waals surface area contributed by atoms with Crippen LogP contribution < -0.4 is 5.32 Å². The van der Waals surface area contributed by atoms with Gasteiger partial charge in [-0.05, 0) is 25.9 Å². The topological polar surface area (TPSA) is 50.8 Å². The van der Waals surface area contributed by atoms with E-state index in [1.54, 1.807) is 6.08 Å². The number of amides is 1. The van der Waals surface area contributed by atoms with Gasteiger partial charge in [0.2, 0.25) is 5.91 Å². The van der Waals surface area contributed by atoms with Gasteiger partial charge in [0, 0.05) is 12.5 Å². The molecule has 2 rings (SSSR count). The Labute approximate surface area is 108 Å². The molecular formula is C13H22N2O3. The summed E-state index contributed by atoms with van der Waals surface area (Å²) in [7, 11) is 0. The molecule has 2 heterocycles. The SMILES string of the molecule is C=CCNC(=O)CN1CCC(C2OCCO2)CC1. The van der Waals surface area contributed by atoms with E-state index in [1.165, 1.54) is 0 Å². The molecule has 0 aromatic carbocycles. The fourth-order valence-electron chi connectivity index (χ4n) is 2.48. The van der Waals surface area contributed by atoms with Crippen LogP contribution in [0.2, 0.25) is 0 Å². The summed E-state index contributed by atoms with van der Waals surface area (Å²) >= 11 is 0. The monoisotopic (exact) mass is 254 g/mol. The van der Waals surface area contributed by atoms with Crippen molar-refractivity contribution in [1.29, 1.82) is 0 Å². The van der Waals surface area contributed by atoms with E-state index >= 15 is 0 Å². The van der Waals surface area contributed by atoms with Crippen molar-refractivity contribution in [2.24, 2.45) is 5.92 Å². The Morgan fingerprint density at radius 3 is 2.61 bits per heavy atom. The van der Waals surface area contributed by atoms with E-state index in [2.05, 4.69) is 16.8 Å². The van der Waals surface area contributed by atoms with Gasteiger partial charge in [-0.15, -0.1) is 6.58 Å². The average Bonchev–Trinajstić information content (AvgIpc) is 2.91. The Hall–Kier alpha value is -0.910. The van der Waals surface area contributed by atoms with Crippen LogP contribution in [0.3, 0.4) is 0 Å². The third-order valence-corrected chi connectivity index (χ3v) is 3.48. The number of hydrogen-bond donors (Lipinski definition) is 1. The zero-order chi connectivity index (χ0) is 12.8. The second kappa shape index (κ2) is 6.87. The van der Waals surface area contributed by atoms with Crippen molar-refractivity contribution in [3.05, 3.63) is 12.7 Å². The molecule has 0 aromatic heterocycles. The number of rotatable bonds is 5. The van der Waals surface area contributed by atoms with E-state index in [-0.39, 0.29) is 12.2 Å². The molecule has 18 heavy (non-hydrogen) atoms. The molecule has 0 radical (unpaired) electrons. The minimum Gasteiger partial charge on any atom is -0.352 e. The highest BCUT2D eigenvalue weighted by Gasteiger charge is 2.30. The molecule has 0 bridgehead atoms. The third kappa shape index (κ3) is 3.80. The molecule has 0 atom stereocenters. The first kappa shape index (κ1) is 13.5. The van der Waals surface area contributed by atoms with Crippen LogP contribution in [0, 0.1) is 5.92 Å². The quantitative estimate of drug-likeness (QED) is 0.720. The van der Waals surface area contributed by atoms with Crippen molar-refractivity contribution in [2.45, 2.75) is 19.1 Å². The summed E-state index contributed by atoms with van der Waals surface area (Å²) in [6.07, 6.45) is 3.76. The van der Waals surface area contributed by atoms with Crippen molar-refractivity contribution in [3.8, 4) is 0 Å². The van der Waals surface area contributed by atoms with E-state index in [1.807, 2.05) is 0 Å². The van der Waals surface area contributed by atoms with Crippen molar-refractivity contribution >= 4 is 5.91 Å². The molecule has 1 amide bonds. The predicted octanol–water partition coefficient (Wildman–Crippen LogP) is 0.374. The first-order chi connectivity index (χ1) is 8.79. The highest BCUT2D eigenvalue weighted by atomic mass is 16.7. The molecule has 2 aliphatic heterocycles. The molecule has 0 aliphatic carbocycles. The first-order valence-electron chi connectivity index (χ1n) is 6.62. The fraction of sp³-hybridized carbons (Fsp3) is 0.769. The Kier molecular flexibility index (Phi) is 5.16. The van der Waals surface area contributed by atoms with Crippen molar-refractivity contribution in [3.63, 3.8) is 0 Å². The molecule has 2 fully saturated rings. The van der Waals surface area contributed by atoms with Crippen LogP contribution in [0.15, 0.2) is 12.7 Å². The number of carbonyl (C=O) groups excluding carboxylic acids is 1. The summed E-state index contributed by atoms with van der Waals surface area (Å²) in [5.41, 5.74) is 0. The van der Waals surface area contributed by atoms with Crippen LogP contribution >= 0.6 is 0 Å². The third-order valence-electron chi connectivity index (χ3n) is 3.48. The molecule has 102 valence electrons. The highest BCUT2D eigenvalue weighted by Crippen LogP contribution is 2.25. The van der Waals surface area contributed by atoms with Gasteiger partial charge in [0.1, 0.15) is 0 Å². The summed E-state index contributed by atoms with van der Waals surface area (Å²) in [6, 6.07) is 0. The van der Waals surface area contributed by atoms with Crippen LogP contribution in [0.1, 0.15) is 12.8 Å². The van der Waals surface area contributed by atoms with Crippen molar-refractivity contribution in [2.75, 3.05) is 39.4 Å². The Morgan fingerprint density at radius 2 is 2.00 bits per heavy atom. The van der Waals surface area contributed by atoms with Crippen LogP contribution in [-0.2, 0) is 14.3 Å². The Morgan fingerprint density at radius 1 is 1.33 bits per heavy atom. The van der Waals surface area contributed by atoms with Crippen molar-refractivity contribution < 1.29 is 14.3 Å². The van der Waals surface area contributed by atoms with Crippen LogP contribution in [0.5, 0.6) is 0 Å². The van der Waals surface area contributed by atoms with Crippen LogP contribution in [-0.4, -0.2) is 56.5 Å². The van der Waals surface area contributed by atoms with E-state index in [4.69, 9.17) is 9.47 Å². The Bertz CT molecular complexity index is 282. The fourth-order valence-corrected chi connectivity index (χ4v) is 2.48. The van der Waals surface area contributed by atoms with E-state index in [0.717, 1.165) is 39.1 Å².